The van der Waals surface area contributed by atoms with Crippen LogP contribution in [0.3, 0.4) is 0 Å². The molecule has 1 aromatic heterocycles. The van der Waals surface area contributed by atoms with E-state index in [-0.39, 0.29) is 11.8 Å². The first-order chi connectivity index (χ1) is 16.1. The topological polar surface area (TPSA) is 78.4 Å². The van der Waals surface area contributed by atoms with Crippen LogP contribution in [0.1, 0.15) is 20.7 Å². The number of hydrogen-bond donors (Lipinski definition) is 1. The molecule has 166 valence electrons. The first-order valence-electron chi connectivity index (χ1n) is 10.5. The van der Waals surface area contributed by atoms with Gasteiger partial charge < -0.3 is 15.1 Å². The van der Waals surface area contributed by atoms with Gasteiger partial charge in [-0.3, -0.25) is 9.59 Å². The van der Waals surface area contributed by atoms with Crippen molar-refractivity contribution in [3.05, 3.63) is 82.9 Å². The Bertz CT molecular complexity index is 1320. The second-order valence-corrected chi connectivity index (χ2v) is 8.69. The number of nitrogens with one attached hydrogen (secondary N) is 1. The molecule has 0 unspecified atom stereocenters. The summed E-state index contributed by atoms with van der Waals surface area (Å²) >= 11 is 7.36. The Morgan fingerprint density at radius 3 is 2.39 bits per heavy atom. The maximum absolute atomic E-state index is 13.0. The summed E-state index contributed by atoms with van der Waals surface area (Å²) in [5.74, 6) is -0.210. The Labute approximate surface area is 199 Å². The first-order valence-corrected chi connectivity index (χ1v) is 11.6. The van der Waals surface area contributed by atoms with E-state index < -0.39 is 0 Å². The summed E-state index contributed by atoms with van der Waals surface area (Å²) in [4.78, 5) is 29.7. The number of carbonyl (C=O) groups is 2. The van der Waals surface area contributed by atoms with Crippen LogP contribution in [0.2, 0.25) is 5.02 Å². The third-order valence-electron chi connectivity index (χ3n) is 5.65. The SMILES string of the molecule is O=C(Nc1cc(Cl)ccc1N1CCN(C(=O)c2ccccc2)CC1)c1ccc2nsnc2c1. The molecule has 5 rings (SSSR count). The summed E-state index contributed by atoms with van der Waals surface area (Å²) in [6.45, 7) is 2.49. The van der Waals surface area contributed by atoms with Crippen LogP contribution < -0.4 is 10.2 Å². The Balaban J connectivity index is 1.31. The number of amides is 2. The fourth-order valence-electron chi connectivity index (χ4n) is 3.92. The molecule has 4 aromatic rings. The van der Waals surface area contributed by atoms with E-state index in [1.807, 2.05) is 41.3 Å². The average molecular weight is 478 g/mol. The predicted octanol–water partition coefficient (Wildman–Crippen LogP) is 4.56. The van der Waals surface area contributed by atoms with Gasteiger partial charge in [0.05, 0.1) is 23.1 Å². The molecule has 3 aromatic carbocycles. The second kappa shape index (κ2) is 9.17. The summed E-state index contributed by atoms with van der Waals surface area (Å²) < 4.78 is 8.38. The largest absolute Gasteiger partial charge is 0.366 e. The molecule has 1 saturated heterocycles. The van der Waals surface area contributed by atoms with Gasteiger partial charge in [0.2, 0.25) is 0 Å². The molecule has 1 fully saturated rings. The van der Waals surface area contributed by atoms with Gasteiger partial charge in [0.15, 0.2) is 0 Å². The second-order valence-electron chi connectivity index (χ2n) is 7.73. The number of hydrogen-bond acceptors (Lipinski definition) is 6. The number of carbonyl (C=O) groups excluding carboxylic acids is 2. The highest BCUT2D eigenvalue weighted by molar-refractivity contribution is 7.00. The van der Waals surface area contributed by atoms with Gasteiger partial charge in [-0.25, -0.2) is 0 Å². The van der Waals surface area contributed by atoms with Crippen molar-refractivity contribution in [2.45, 2.75) is 0 Å². The normalized spacial score (nSPS) is 13.8. The number of piperazine rings is 1. The van der Waals surface area contributed by atoms with Gasteiger partial charge in [-0.1, -0.05) is 29.8 Å². The van der Waals surface area contributed by atoms with Crippen LogP contribution in [0.15, 0.2) is 66.7 Å². The zero-order chi connectivity index (χ0) is 22.8. The molecule has 0 radical (unpaired) electrons. The molecule has 0 atom stereocenters. The molecular weight excluding hydrogens is 458 g/mol. The Morgan fingerprint density at radius 2 is 1.61 bits per heavy atom. The molecule has 2 amide bonds. The third kappa shape index (κ3) is 4.53. The highest BCUT2D eigenvalue weighted by Gasteiger charge is 2.24. The van der Waals surface area contributed by atoms with E-state index >= 15 is 0 Å². The zero-order valence-corrected chi connectivity index (χ0v) is 19.1. The van der Waals surface area contributed by atoms with Crippen LogP contribution in [0.25, 0.3) is 11.0 Å². The highest BCUT2D eigenvalue weighted by Crippen LogP contribution is 2.31. The minimum Gasteiger partial charge on any atom is -0.366 e. The minimum absolute atomic E-state index is 0.0341. The average Bonchev–Trinajstić information content (AvgIpc) is 3.32. The van der Waals surface area contributed by atoms with Gasteiger partial charge in [0.25, 0.3) is 11.8 Å². The summed E-state index contributed by atoms with van der Waals surface area (Å²) in [6, 6.07) is 20.0. The lowest BCUT2D eigenvalue weighted by Crippen LogP contribution is -2.49. The van der Waals surface area contributed by atoms with Crippen LogP contribution in [0.4, 0.5) is 11.4 Å². The van der Waals surface area contributed by atoms with E-state index in [4.69, 9.17) is 11.6 Å². The molecule has 1 aliphatic heterocycles. The van der Waals surface area contributed by atoms with Crippen LogP contribution in [-0.2, 0) is 0 Å². The fourth-order valence-corrected chi connectivity index (χ4v) is 4.61. The van der Waals surface area contributed by atoms with E-state index in [1.165, 1.54) is 0 Å². The number of halogens is 1. The van der Waals surface area contributed by atoms with Crippen molar-refractivity contribution in [3.8, 4) is 0 Å². The van der Waals surface area contributed by atoms with E-state index in [0.717, 1.165) is 22.9 Å². The van der Waals surface area contributed by atoms with Crippen LogP contribution in [0, 0.1) is 0 Å². The van der Waals surface area contributed by atoms with Crippen molar-refractivity contribution < 1.29 is 9.59 Å². The van der Waals surface area contributed by atoms with Crippen molar-refractivity contribution in [2.75, 3.05) is 36.4 Å². The molecule has 2 heterocycles. The van der Waals surface area contributed by atoms with Crippen molar-refractivity contribution in [3.63, 3.8) is 0 Å². The predicted molar refractivity (Wildman–Crippen MR) is 131 cm³/mol. The number of rotatable bonds is 4. The molecule has 0 saturated carbocycles. The van der Waals surface area contributed by atoms with Gasteiger partial charge >= 0.3 is 0 Å². The summed E-state index contributed by atoms with van der Waals surface area (Å²) in [6.07, 6.45) is 0. The van der Waals surface area contributed by atoms with Gasteiger partial charge in [0.1, 0.15) is 11.0 Å². The molecule has 0 bridgehead atoms. The van der Waals surface area contributed by atoms with Gasteiger partial charge in [0, 0.05) is 42.3 Å². The fraction of sp³-hybridized carbons (Fsp3) is 0.167. The smallest absolute Gasteiger partial charge is 0.255 e. The molecule has 0 aliphatic carbocycles. The molecule has 9 heteroatoms. The quantitative estimate of drug-likeness (QED) is 0.466. The number of anilines is 2. The van der Waals surface area contributed by atoms with E-state index in [9.17, 15) is 9.59 Å². The van der Waals surface area contributed by atoms with Crippen LogP contribution in [0.5, 0.6) is 0 Å². The van der Waals surface area contributed by atoms with E-state index in [2.05, 4.69) is 19.0 Å². The van der Waals surface area contributed by atoms with E-state index in [0.29, 0.717) is 53.5 Å². The Kier molecular flexibility index (Phi) is 5.93. The first kappa shape index (κ1) is 21.4. The highest BCUT2D eigenvalue weighted by atomic mass is 35.5. The summed E-state index contributed by atoms with van der Waals surface area (Å²) in [5.41, 5.74) is 4.15. The van der Waals surface area contributed by atoms with Crippen LogP contribution in [-0.4, -0.2) is 51.6 Å². The Morgan fingerprint density at radius 1 is 0.848 bits per heavy atom. The summed E-state index contributed by atoms with van der Waals surface area (Å²) in [7, 11) is 0. The summed E-state index contributed by atoms with van der Waals surface area (Å²) in [5, 5.41) is 3.52. The standard InChI is InChI=1S/C24H20ClN5O2S/c25-18-7-9-22(29-10-12-30(13-11-29)24(32)16-4-2-1-3-5-16)21(15-18)26-23(31)17-6-8-19-20(14-17)28-33-27-19/h1-9,14-15H,10-13H2,(H,26,31). The third-order valence-corrected chi connectivity index (χ3v) is 6.44. The molecule has 7 nitrogen and oxygen atoms in total. The van der Waals surface area contributed by atoms with Crippen molar-refractivity contribution in [2.24, 2.45) is 0 Å². The minimum atomic E-state index is -0.244. The maximum Gasteiger partial charge on any atom is 0.255 e. The molecule has 1 N–H and O–H groups in total. The maximum atomic E-state index is 13.0. The monoisotopic (exact) mass is 477 g/mol. The number of aromatic nitrogens is 2. The Hall–Kier alpha value is -3.49. The lowest BCUT2D eigenvalue weighted by atomic mass is 10.1. The molecule has 33 heavy (non-hydrogen) atoms. The number of nitrogens with zero attached hydrogens (tertiary/aromatic N) is 4. The van der Waals surface area contributed by atoms with Gasteiger partial charge in [-0.05, 0) is 48.5 Å². The molecule has 1 aliphatic rings. The molecular formula is C24H20ClN5O2S. The van der Waals surface area contributed by atoms with Gasteiger partial charge in [-0.15, -0.1) is 0 Å². The number of benzene rings is 3. The van der Waals surface area contributed by atoms with Crippen molar-refractivity contribution in [1.29, 1.82) is 0 Å². The zero-order valence-electron chi connectivity index (χ0n) is 17.6. The van der Waals surface area contributed by atoms with Crippen molar-refractivity contribution >= 4 is 57.6 Å². The van der Waals surface area contributed by atoms with Gasteiger partial charge in [-0.2, -0.15) is 8.75 Å². The van der Waals surface area contributed by atoms with E-state index in [1.54, 1.807) is 30.3 Å². The van der Waals surface area contributed by atoms with Crippen molar-refractivity contribution in [1.82, 2.24) is 13.6 Å². The molecule has 0 spiro atoms. The lowest BCUT2D eigenvalue weighted by Gasteiger charge is -2.37. The van der Waals surface area contributed by atoms with Crippen LogP contribution >= 0.6 is 23.3 Å². The lowest BCUT2D eigenvalue weighted by molar-refractivity contribution is 0.0746. The number of fused-ring (bicyclic) bond motifs is 1.